The molecule has 8 nitrogen and oxygen atoms in total. The maximum absolute atomic E-state index is 12.1. The number of hydrogen-bond acceptors (Lipinski definition) is 8. The van der Waals surface area contributed by atoms with Gasteiger partial charge in [-0.15, -0.1) is 0 Å². The van der Waals surface area contributed by atoms with E-state index in [1.54, 1.807) is 14.2 Å². The Bertz CT molecular complexity index is 1100. The molecule has 39 heavy (non-hydrogen) atoms. The quantitative estimate of drug-likeness (QED) is 0.455. The van der Waals surface area contributed by atoms with Crippen LogP contribution in [-0.2, 0) is 41.7 Å². The molecule has 212 valence electrons. The molecule has 8 heteroatoms. The predicted octanol–water partition coefficient (Wildman–Crippen LogP) is 4.65. The largest absolute Gasteiger partial charge is 0.497 e. The molecule has 3 saturated heterocycles. The van der Waals surface area contributed by atoms with Gasteiger partial charge in [-0.3, -0.25) is 4.79 Å². The second-order valence-corrected chi connectivity index (χ2v) is 11.2. The van der Waals surface area contributed by atoms with Gasteiger partial charge in [-0.05, 0) is 62.1 Å². The summed E-state index contributed by atoms with van der Waals surface area (Å²) in [5, 5.41) is 0. The van der Waals surface area contributed by atoms with Crippen LogP contribution in [0.1, 0.15) is 50.7 Å². The van der Waals surface area contributed by atoms with Crippen LogP contribution in [0.2, 0.25) is 0 Å². The van der Waals surface area contributed by atoms with Gasteiger partial charge in [0.25, 0.3) is 0 Å². The van der Waals surface area contributed by atoms with E-state index in [4.69, 9.17) is 33.2 Å². The Balaban J connectivity index is 1.30. The average Bonchev–Trinajstić information content (AvgIpc) is 3.06. The highest BCUT2D eigenvalue weighted by atomic mass is 16.6. The first-order valence-corrected chi connectivity index (χ1v) is 13.7. The predicted molar refractivity (Wildman–Crippen MR) is 144 cm³/mol. The molecular formula is C31H40O8. The number of Topliss-reactive ketones (excluding diaryl/α,β-unsaturated/α-hetero) is 1. The molecule has 0 radical (unpaired) electrons. The van der Waals surface area contributed by atoms with Crippen molar-refractivity contribution >= 4 is 5.78 Å². The Labute approximate surface area is 230 Å². The van der Waals surface area contributed by atoms with Crippen molar-refractivity contribution in [3.63, 3.8) is 0 Å². The summed E-state index contributed by atoms with van der Waals surface area (Å²) in [6, 6.07) is 15.7. The molecule has 3 aliphatic rings. The Morgan fingerprint density at radius 3 is 2.13 bits per heavy atom. The maximum Gasteiger partial charge on any atom is 0.161 e. The van der Waals surface area contributed by atoms with Crippen LogP contribution in [0.3, 0.4) is 0 Å². The van der Waals surface area contributed by atoms with Gasteiger partial charge in [0.15, 0.2) is 5.78 Å². The van der Waals surface area contributed by atoms with Crippen LogP contribution in [0.15, 0.2) is 48.5 Å². The number of ether oxygens (including phenoxy) is 7. The second kappa shape index (κ2) is 11.9. The SMILES string of the molecule is COc1ccc(COC[C@@H]2O[C@]3(C)C[C@]4(C)OCC(=O)C[C@H]4O[C@H]3CC[C@H]2OCc2ccc(OC)cc2)cc1. The number of methoxy groups -OCH3 is 2. The van der Waals surface area contributed by atoms with Crippen molar-refractivity contribution in [2.75, 3.05) is 27.4 Å². The maximum atomic E-state index is 12.1. The van der Waals surface area contributed by atoms with Crippen LogP contribution in [0, 0.1) is 0 Å². The molecule has 3 aliphatic heterocycles. The Hall–Kier alpha value is -2.49. The van der Waals surface area contributed by atoms with Gasteiger partial charge >= 0.3 is 0 Å². The third-order valence-electron chi connectivity index (χ3n) is 8.25. The van der Waals surface area contributed by atoms with Gasteiger partial charge in [0.2, 0.25) is 0 Å². The summed E-state index contributed by atoms with van der Waals surface area (Å²) in [5.41, 5.74) is 0.944. The molecule has 2 aromatic carbocycles. The molecule has 0 bridgehead atoms. The van der Waals surface area contributed by atoms with Crippen molar-refractivity contribution in [3.8, 4) is 11.5 Å². The number of hydrogen-bond donors (Lipinski definition) is 0. The third kappa shape index (κ3) is 6.47. The second-order valence-electron chi connectivity index (χ2n) is 11.2. The van der Waals surface area contributed by atoms with Crippen molar-refractivity contribution in [3.05, 3.63) is 59.7 Å². The number of fused-ring (bicyclic) bond motifs is 2. The first-order chi connectivity index (χ1) is 18.8. The van der Waals surface area contributed by atoms with Gasteiger partial charge in [0, 0.05) is 12.8 Å². The molecule has 0 unspecified atom stereocenters. The summed E-state index contributed by atoms with van der Waals surface area (Å²) in [7, 11) is 3.31. The number of benzene rings is 2. The van der Waals surface area contributed by atoms with Crippen LogP contribution in [0.25, 0.3) is 0 Å². The summed E-state index contributed by atoms with van der Waals surface area (Å²) in [6.07, 6.45) is 1.63. The summed E-state index contributed by atoms with van der Waals surface area (Å²) >= 11 is 0. The first-order valence-electron chi connectivity index (χ1n) is 13.7. The van der Waals surface area contributed by atoms with Crippen LogP contribution in [0.5, 0.6) is 11.5 Å². The fourth-order valence-electron chi connectivity index (χ4n) is 6.02. The van der Waals surface area contributed by atoms with E-state index in [0.717, 1.165) is 35.5 Å². The molecule has 3 heterocycles. The minimum Gasteiger partial charge on any atom is -0.497 e. The molecule has 5 rings (SSSR count). The minimum absolute atomic E-state index is 0.0844. The summed E-state index contributed by atoms with van der Waals surface area (Å²) < 4.78 is 42.7. The van der Waals surface area contributed by atoms with Crippen molar-refractivity contribution < 1.29 is 38.0 Å². The molecule has 0 amide bonds. The number of rotatable bonds is 9. The van der Waals surface area contributed by atoms with E-state index in [1.165, 1.54) is 0 Å². The van der Waals surface area contributed by atoms with Crippen LogP contribution < -0.4 is 9.47 Å². The molecule has 0 spiro atoms. The number of carbonyl (C=O) groups excluding carboxylic acids is 1. The van der Waals surface area contributed by atoms with Gasteiger partial charge < -0.3 is 33.2 Å². The zero-order chi connectivity index (χ0) is 27.5. The molecule has 6 atom stereocenters. The molecule has 0 aromatic heterocycles. The van der Waals surface area contributed by atoms with E-state index in [9.17, 15) is 4.79 Å². The lowest BCUT2D eigenvalue weighted by Crippen LogP contribution is -2.64. The molecular weight excluding hydrogens is 500 g/mol. The van der Waals surface area contributed by atoms with Crippen molar-refractivity contribution in [1.82, 2.24) is 0 Å². The molecule has 2 aromatic rings. The topological polar surface area (TPSA) is 81.7 Å². The van der Waals surface area contributed by atoms with E-state index >= 15 is 0 Å². The highest BCUT2D eigenvalue weighted by molar-refractivity contribution is 5.81. The standard InChI is InChI=1S/C31H40O8/c1-30-20-31(2)28(38-29(30)15-23(32)18-37-30)14-13-26(36-17-22-7-11-25(34-4)12-8-22)27(39-31)19-35-16-21-5-9-24(33-3)10-6-21/h5-12,26-29H,13-20H2,1-4H3/t26-,27+,28+,29-,30+,31-/m1/s1. The smallest absolute Gasteiger partial charge is 0.161 e. The van der Waals surface area contributed by atoms with E-state index < -0.39 is 11.2 Å². The van der Waals surface area contributed by atoms with E-state index in [-0.39, 0.29) is 36.8 Å². The van der Waals surface area contributed by atoms with Crippen LogP contribution in [-0.4, -0.2) is 68.8 Å². The van der Waals surface area contributed by atoms with E-state index in [2.05, 4.69) is 6.92 Å². The zero-order valence-electron chi connectivity index (χ0n) is 23.4. The highest BCUT2D eigenvalue weighted by Gasteiger charge is 2.57. The Morgan fingerprint density at radius 2 is 1.49 bits per heavy atom. The molecule has 0 aliphatic carbocycles. The monoisotopic (exact) mass is 540 g/mol. The summed E-state index contributed by atoms with van der Waals surface area (Å²) in [6.45, 7) is 5.54. The zero-order valence-corrected chi connectivity index (χ0v) is 23.4. The number of ketones is 1. The lowest BCUT2D eigenvalue weighted by atomic mass is 9.75. The third-order valence-corrected chi connectivity index (χ3v) is 8.25. The lowest BCUT2D eigenvalue weighted by Gasteiger charge is -2.54. The van der Waals surface area contributed by atoms with Gasteiger partial charge in [0.05, 0.1) is 63.6 Å². The van der Waals surface area contributed by atoms with Crippen LogP contribution in [0.4, 0.5) is 0 Å². The van der Waals surface area contributed by atoms with E-state index in [0.29, 0.717) is 32.7 Å². The van der Waals surface area contributed by atoms with Gasteiger partial charge in [-0.25, -0.2) is 0 Å². The van der Waals surface area contributed by atoms with Crippen molar-refractivity contribution in [2.45, 2.75) is 88.4 Å². The molecule has 3 fully saturated rings. The van der Waals surface area contributed by atoms with Gasteiger partial charge in [-0.2, -0.15) is 0 Å². The molecule has 0 N–H and O–H groups in total. The normalized spacial score (nSPS) is 32.6. The fourth-order valence-corrected chi connectivity index (χ4v) is 6.02. The first kappa shape index (κ1) is 28.1. The highest BCUT2D eigenvalue weighted by Crippen LogP contribution is 2.47. The Kier molecular flexibility index (Phi) is 8.59. The average molecular weight is 541 g/mol. The minimum atomic E-state index is -0.599. The van der Waals surface area contributed by atoms with Crippen molar-refractivity contribution in [2.24, 2.45) is 0 Å². The fraction of sp³-hybridized carbons (Fsp3) is 0.581. The summed E-state index contributed by atoms with van der Waals surface area (Å²) in [5.74, 6) is 1.71. The van der Waals surface area contributed by atoms with Gasteiger partial charge in [0.1, 0.15) is 24.2 Å². The van der Waals surface area contributed by atoms with Crippen molar-refractivity contribution in [1.29, 1.82) is 0 Å². The molecule has 0 saturated carbocycles. The Morgan fingerprint density at radius 1 is 0.846 bits per heavy atom. The van der Waals surface area contributed by atoms with Gasteiger partial charge in [-0.1, -0.05) is 24.3 Å². The lowest BCUT2D eigenvalue weighted by molar-refractivity contribution is -0.288. The summed E-state index contributed by atoms with van der Waals surface area (Å²) in [4.78, 5) is 12.1. The number of carbonyl (C=O) groups is 1. The van der Waals surface area contributed by atoms with Crippen LogP contribution >= 0.6 is 0 Å². The van der Waals surface area contributed by atoms with E-state index in [1.807, 2.05) is 55.5 Å².